The number of anilines is 1. The molecule has 138 valence electrons. The third kappa shape index (κ3) is 4.05. The van der Waals surface area contributed by atoms with E-state index in [1.165, 1.54) is 0 Å². The molecule has 0 unspecified atom stereocenters. The number of hydrazone groups is 1. The van der Waals surface area contributed by atoms with Gasteiger partial charge in [0, 0.05) is 9.86 Å². The summed E-state index contributed by atoms with van der Waals surface area (Å²) in [7, 11) is 1.65. The normalized spacial score (nSPS) is 11.1. The van der Waals surface area contributed by atoms with E-state index in [0.29, 0.717) is 5.82 Å². The summed E-state index contributed by atoms with van der Waals surface area (Å²) in [4.78, 5) is 4.70. The number of benzene rings is 3. The Morgan fingerprint density at radius 1 is 0.964 bits per heavy atom. The van der Waals surface area contributed by atoms with Gasteiger partial charge in [-0.2, -0.15) is 5.10 Å². The molecule has 1 heterocycles. The molecule has 3 aromatic carbocycles. The number of halogens is 1. The molecular formula is C23H18BrN3O. The maximum absolute atomic E-state index is 5.17. The number of nitrogens with zero attached hydrogens (tertiary/aromatic N) is 2. The van der Waals surface area contributed by atoms with E-state index >= 15 is 0 Å². The second-order valence-corrected chi connectivity index (χ2v) is 7.14. The van der Waals surface area contributed by atoms with Crippen molar-refractivity contribution in [3.8, 4) is 16.9 Å². The van der Waals surface area contributed by atoms with E-state index in [9.17, 15) is 0 Å². The van der Waals surface area contributed by atoms with Gasteiger partial charge in [-0.1, -0.05) is 46.3 Å². The number of nitrogens with one attached hydrogen (secondary N) is 1. The van der Waals surface area contributed by atoms with Crippen LogP contribution in [0.3, 0.4) is 0 Å². The fourth-order valence-electron chi connectivity index (χ4n) is 2.97. The lowest BCUT2D eigenvalue weighted by Crippen LogP contribution is -1.96. The van der Waals surface area contributed by atoms with Gasteiger partial charge in [0.25, 0.3) is 0 Å². The first-order chi connectivity index (χ1) is 13.7. The van der Waals surface area contributed by atoms with E-state index in [-0.39, 0.29) is 0 Å². The molecule has 1 aromatic heterocycles. The molecule has 0 bridgehead atoms. The van der Waals surface area contributed by atoms with E-state index in [1.54, 1.807) is 13.3 Å². The number of rotatable bonds is 5. The molecule has 0 aliphatic rings. The zero-order valence-corrected chi connectivity index (χ0v) is 16.8. The molecule has 0 amide bonds. The Hall–Kier alpha value is -3.18. The van der Waals surface area contributed by atoms with Crippen LogP contribution in [0, 0.1) is 0 Å². The third-order valence-corrected chi connectivity index (χ3v) is 4.86. The van der Waals surface area contributed by atoms with Crippen molar-refractivity contribution in [2.75, 3.05) is 12.5 Å². The molecule has 0 radical (unpaired) electrons. The Morgan fingerprint density at radius 2 is 1.75 bits per heavy atom. The molecule has 4 aromatic rings. The maximum atomic E-state index is 5.17. The highest BCUT2D eigenvalue weighted by molar-refractivity contribution is 9.10. The SMILES string of the molecule is COc1ccc(/C=N\Nc2cc(-c3ccccc3)c3cc(Br)ccc3n2)cc1. The summed E-state index contributed by atoms with van der Waals surface area (Å²) >= 11 is 3.56. The number of fused-ring (bicyclic) bond motifs is 1. The number of pyridine rings is 1. The molecule has 0 spiro atoms. The maximum Gasteiger partial charge on any atom is 0.147 e. The summed E-state index contributed by atoms with van der Waals surface area (Å²) in [5, 5.41) is 5.43. The van der Waals surface area contributed by atoms with Crippen molar-refractivity contribution in [2.24, 2.45) is 5.10 Å². The van der Waals surface area contributed by atoms with Crippen molar-refractivity contribution >= 4 is 38.9 Å². The second kappa shape index (κ2) is 8.23. The van der Waals surface area contributed by atoms with Gasteiger partial charge < -0.3 is 4.74 Å². The lowest BCUT2D eigenvalue weighted by Gasteiger charge is -2.10. The quantitative estimate of drug-likeness (QED) is 0.305. The smallest absolute Gasteiger partial charge is 0.147 e. The van der Waals surface area contributed by atoms with Gasteiger partial charge in [-0.3, -0.25) is 5.43 Å². The number of aromatic nitrogens is 1. The van der Waals surface area contributed by atoms with Crippen LogP contribution < -0.4 is 10.2 Å². The Kier molecular flexibility index (Phi) is 5.35. The molecule has 4 nitrogen and oxygen atoms in total. The van der Waals surface area contributed by atoms with Crippen molar-refractivity contribution in [2.45, 2.75) is 0 Å². The fourth-order valence-corrected chi connectivity index (χ4v) is 3.34. The van der Waals surface area contributed by atoms with Crippen molar-refractivity contribution in [3.05, 3.63) is 88.9 Å². The van der Waals surface area contributed by atoms with Crippen LogP contribution in [0.5, 0.6) is 5.75 Å². The number of ether oxygens (including phenoxy) is 1. The second-order valence-electron chi connectivity index (χ2n) is 6.23. The summed E-state index contributed by atoms with van der Waals surface area (Å²) < 4.78 is 6.20. The molecule has 5 heteroatoms. The Balaban J connectivity index is 1.67. The number of hydrogen-bond donors (Lipinski definition) is 1. The van der Waals surface area contributed by atoms with Crippen LogP contribution in [0.15, 0.2) is 88.4 Å². The minimum absolute atomic E-state index is 0.693. The largest absolute Gasteiger partial charge is 0.497 e. The molecule has 0 saturated heterocycles. The lowest BCUT2D eigenvalue weighted by molar-refractivity contribution is 0.415. The highest BCUT2D eigenvalue weighted by Gasteiger charge is 2.08. The van der Waals surface area contributed by atoms with Gasteiger partial charge in [0.1, 0.15) is 11.6 Å². The summed E-state index contributed by atoms with van der Waals surface area (Å²) in [5.41, 5.74) is 7.18. The van der Waals surface area contributed by atoms with Gasteiger partial charge in [0.05, 0.1) is 18.8 Å². The molecule has 1 N–H and O–H groups in total. The predicted molar refractivity (Wildman–Crippen MR) is 119 cm³/mol. The van der Waals surface area contributed by atoms with Gasteiger partial charge >= 0.3 is 0 Å². The zero-order chi connectivity index (χ0) is 19.3. The van der Waals surface area contributed by atoms with E-state index in [0.717, 1.165) is 37.8 Å². The molecule has 0 saturated carbocycles. The van der Waals surface area contributed by atoms with Crippen molar-refractivity contribution in [3.63, 3.8) is 0 Å². The monoisotopic (exact) mass is 431 g/mol. The molecule has 0 fully saturated rings. The van der Waals surface area contributed by atoms with Crippen molar-refractivity contribution < 1.29 is 4.74 Å². The van der Waals surface area contributed by atoms with E-state index in [2.05, 4.69) is 44.7 Å². The van der Waals surface area contributed by atoms with Crippen LogP contribution in [0.2, 0.25) is 0 Å². The van der Waals surface area contributed by atoms with Crippen LogP contribution in [0.4, 0.5) is 5.82 Å². The molecule has 4 rings (SSSR count). The van der Waals surface area contributed by atoms with E-state index < -0.39 is 0 Å². The average molecular weight is 432 g/mol. The van der Waals surface area contributed by atoms with Gasteiger partial charge in [0.2, 0.25) is 0 Å². The van der Waals surface area contributed by atoms with Gasteiger partial charge in [-0.25, -0.2) is 4.98 Å². The van der Waals surface area contributed by atoms with Crippen LogP contribution in [0.25, 0.3) is 22.0 Å². The molecule has 0 aliphatic carbocycles. The van der Waals surface area contributed by atoms with Crippen LogP contribution in [-0.2, 0) is 0 Å². The van der Waals surface area contributed by atoms with Crippen LogP contribution in [0.1, 0.15) is 5.56 Å². The Morgan fingerprint density at radius 3 is 2.50 bits per heavy atom. The molecule has 0 atom stereocenters. The van der Waals surface area contributed by atoms with Crippen LogP contribution >= 0.6 is 15.9 Å². The fraction of sp³-hybridized carbons (Fsp3) is 0.0435. The Bertz CT molecular complexity index is 1130. The summed E-state index contributed by atoms with van der Waals surface area (Å²) in [6, 6.07) is 26.1. The van der Waals surface area contributed by atoms with E-state index in [1.807, 2.05) is 60.7 Å². The molecule has 28 heavy (non-hydrogen) atoms. The van der Waals surface area contributed by atoms with E-state index in [4.69, 9.17) is 9.72 Å². The van der Waals surface area contributed by atoms with Gasteiger partial charge in [-0.15, -0.1) is 0 Å². The first kappa shape index (κ1) is 18.2. The zero-order valence-electron chi connectivity index (χ0n) is 15.3. The highest BCUT2D eigenvalue weighted by Crippen LogP contribution is 2.32. The van der Waals surface area contributed by atoms with Gasteiger partial charge in [-0.05, 0) is 65.2 Å². The minimum Gasteiger partial charge on any atom is -0.497 e. The van der Waals surface area contributed by atoms with Crippen LogP contribution in [-0.4, -0.2) is 18.3 Å². The first-order valence-corrected chi connectivity index (χ1v) is 9.61. The summed E-state index contributed by atoms with van der Waals surface area (Å²) in [6.07, 6.45) is 1.76. The van der Waals surface area contributed by atoms with Crippen molar-refractivity contribution in [1.82, 2.24) is 4.98 Å². The Labute approximate surface area is 172 Å². The lowest BCUT2D eigenvalue weighted by atomic mass is 10.0. The predicted octanol–water partition coefficient (Wildman–Crippen LogP) is 6.12. The third-order valence-electron chi connectivity index (χ3n) is 4.36. The standard InChI is InChI=1S/C23H18BrN3O/c1-28-19-10-7-16(8-11-19)15-25-27-23-14-20(17-5-3-2-4-6-17)21-13-18(24)9-12-22(21)26-23/h2-15H,1H3,(H,26,27)/b25-15-. The van der Waals surface area contributed by atoms with Crippen molar-refractivity contribution in [1.29, 1.82) is 0 Å². The average Bonchev–Trinajstić information content (AvgIpc) is 2.74. The minimum atomic E-state index is 0.693. The number of hydrogen-bond acceptors (Lipinski definition) is 4. The summed E-state index contributed by atoms with van der Waals surface area (Å²) in [6.45, 7) is 0. The van der Waals surface area contributed by atoms with Gasteiger partial charge in [0.15, 0.2) is 0 Å². The topological polar surface area (TPSA) is 46.5 Å². The summed E-state index contributed by atoms with van der Waals surface area (Å²) in [5.74, 6) is 1.51. The number of methoxy groups -OCH3 is 1. The highest BCUT2D eigenvalue weighted by atomic mass is 79.9. The molecular weight excluding hydrogens is 414 g/mol. The first-order valence-electron chi connectivity index (χ1n) is 8.82. The molecule has 0 aliphatic heterocycles.